The Kier molecular flexibility index (Phi) is 6.50. The zero-order valence-electron chi connectivity index (χ0n) is 22.7. The van der Waals surface area contributed by atoms with Crippen LogP contribution in [0.4, 0.5) is 11.4 Å². The highest BCUT2D eigenvalue weighted by Crippen LogP contribution is 2.33. The van der Waals surface area contributed by atoms with E-state index in [0.29, 0.717) is 50.2 Å². The maximum absolute atomic E-state index is 12.9. The number of nitrogens with one attached hydrogen (secondary N) is 3. The zero-order chi connectivity index (χ0) is 29.4. The molecule has 0 spiro atoms. The van der Waals surface area contributed by atoms with E-state index in [1.165, 1.54) is 0 Å². The van der Waals surface area contributed by atoms with Crippen LogP contribution < -0.4 is 5.32 Å². The average molecular weight is 559 g/mol. The predicted molar refractivity (Wildman–Crippen MR) is 161 cm³/mol. The van der Waals surface area contributed by atoms with Crippen LogP contribution >= 0.6 is 0 Å². The lowest BCUT2D eigenvalue weighted by atomic mass is 9.85. The Bertz CT molecular complexity index is 1960. The van der Waals surface area contributed by atoms with Gasteiger partial charge in [-0.1, -0.05) is 24.3 Å². The molecule has 0 aliphatic rings. The normalized spacial score (nSPS) is 12.1. The summed E-state index contributed by atoms with van der Waals surface area (Å²) in [6, 6.07) is 23.2. The summed E-state index contributed by atoms with van der Waals surface area (Å²) >= 11 is 0. The Morgan fingerprint density at radius 3 is 2.43 bits per heavy atom. The molecule has 0 saturated heterocycles. The number of aromatic nitrogens is 4. The summed E-state index contributed by atoms with van der Waals surface area (Å²) in [5.41, 5.74) is 4.31. The van der Waals surface area contributed by atoms with Gasteiger partial charge < -0.3 is 25.5 Å². The number of H-pyrrole nitrogens is 2. The number of benzene rings is 3. The fourth-order valence-electron chi connectivity index (χ4n) is 4.72. The third-order valence-corrected chi connectivity index (χ3v) is 7.18. The molecule has 3 aromatic carbocycles. The number of pyridine rings is 1. The van der Waals surface area contributed by atoms with Gasteiger partial charge in [0.25, 0.3) is 5.91 Å². The van der Waals surface area contributed by atoms with Crippen molar-refractivity contribution in [2.75, 3.05) is 5.32 Å². The number of aliphatic carboxylic acids is 1. The number of amides is 1. The van der Waals surface area contributed by atoms with Gasteiger partial charge in [-0.2, -0.15) is 0 Å². The number of anilines is 1. The van der Waals surface area contributed by atoms with Gasteiger partial charge in [0, 0.05) is 29.0 Å². The first-order chi connectivity index (χ1) is 20.2. The molecule has 0 aliphatic heterocycles. The largest absolute Gasteiger partial charge is 0.494 e. The van der Waals surface area contributed by atoms with Gasteiger partial charge >= 0.3 is 5.97 Å². The number of imidazole rings is 1. The highest BCUT2D eigenvalue weighted by molar-refractivity contribution is 6.22. The number of carbonyl (C=O) groups is 2. The van der Waals surface area contributed by atoms with Gasteiger partial charge in [-0.3, -0.25) is 14.6 Å². The van der Waals surface area contributed by atoms with Crippen LogP contribution in [0.1, 0.15) is 41.2 Å². The van der Waals surface area contributed by atoms with Crippen LogP contribution in [-0.4, -0.2) is 47.7 Å². The van der Waals surface area contributed by atoms with E-state index >= 15 is 0 Å². The van der Waals surface area contributed by atoms with E-state index in [1.807, 2.05) is 30.3 Å². The topological polar surface area (TPSA) is 156 Å². The van der Waals surface area contributed by atoms with Crippen molar-refractivity contribution in [2.24, 2.45) is 4.99 Å². The van der Waals surface area contributed by atoms with E-state index in [4.69, 9.17) is 4.99 Å². The third-order valence-electron chi connectivity index (χ3n) is 7.18. The van der Waals surface area contributed by atoms with Crippen molar-refractivity contribution >= 4 is 50.9 Å². The summed E-state index contributed by atoms with van der Waals surface area (Å²) in [5, 5.41) is 24.2. The van der Waals surface area contributed by atoms with Crippen LogP contribution in [-0.2, 0) is 10.2 Å². The number of para-hydroxylation sites is 2. The molecule has 6 aromatic rings. The summed E-state index contributed by atoms with van der Waals surface area (Å²) in [5.74, 6) is -1.23. The van der Waals surface area contributed by atoms with E-state index in [-0.39, 0.29) is 11.7 Å². The molecule has 6 rings (SSSR count). The minimum absolute atomic E-state index is 0.100. The second-order valence-corrected chi connectivity index (χ2v) is 10.3. The third kappa shape index (κ3) is 4.86. The fourth-order valence-corrected chi connectivity index (χ4v) is 4.72. The van der Waals surface area contributed by atoms with E-state index in [9.17, 15) is 19.8 Å². The van der Waals surface area contributed by atoms with Crippen molar-refractivity contribution in [3.05, 3.63) is 114 Å². The van der Waals surface area contributed by atoms with Gasteiger partial charge in [0.1, 0.15) is 0 Å². The molecule has 1 amide bonds. The number of hydrogen-bond donors (Lipinski definition) is 5. The van der Waals surface area contributed by atoms with Gasteiger partial charge in [-0.15, -0.1) is 0 Å². The first-order valence-electron chi connectivity index (χ1n) is 13.1. The SMILES string of the molecule is CC(C)(C(=O)O)c1ccc(N=C(c2cccnc2)c2c(O)[nH]c3cc(NC(=O)c4nc5ccccc5[nH]4)ccc23)cc1. The predicted octanol–water partition coefficient (Wildman–Crippen LogP) is 5.93. The Morgan fingerprint density at radius 1 is 0.929 bits per heavy atom. The second kappa shape index (κ2) is 10.3. The number of aromatic hydroxyl groups is 1. The van der Waals surface area contributed by atoms with Crippen LogP contribution in [0.25, 0.3) is 21.9 Å². The van der Waals surface area contributed by atoms with Crippen LogP contribution in [0, 0.1) is 0 Å². The molecule has 0 radical (unpaired) electrons. The van der Waals surface area contributed by atoms with Crippen LogP contribution in [0.15, 0.2) is 96.2 Å². The van der Waals surface area contributed by atoms with E-state index in [2.05, 4.69) is 25.3 Å². The monoisotopic (exact) mass is 558 g/mol. The first-order valence-corrected chi connectivity index (χ1v) is 13.1. The minimum Gasteiger partial charge on any atom is -0.494 e. The molecule has 0 fully saturated rings. The number of carbonyl (C=O) groups excluding carboxylic acids is 1. The van der Waals surface area contributed by atoms with Crippen molar-refractivity contribution in [2.45, 2.75) is 19.3 Å². The number of carboxylic acids is 1. The van der Waals surface area contributed by atoms with Crippen molar-refractivity contribution < 1.29 is 19.8 Å². The lowest BCUT2D eigenvalue weighted by molar-refractivity contribution is -0.142. The number of aromatic amines is 2. The van der Waals surface area contributed by atoms with Gasteiger partial charge in [0.05, 0.1) is 38.9 Å². The maximum Gasteiger partial charge on any atom is 0.313 e. The molecular formula is C32H26N6O4. The van der Waals surface area contributed by atoms with Crippen LogP contribution in [0.5, 0.6) is 5.88 Å². The number of hydrogen-bond acceptors (Lipinski definition) is 6. The molecule has 3 aromatic heterocycles. The molecule has 0 aliphatic carbocycles. The van der Waals surface area contributed by atoms with Gasteiger partial charge in [0.15, 0.2) is 11.7 Å². The molecule has 10 heteroatoms. The molecule has 208 valence electrons. The van der Waals surface area contributed by atoms with E-state index < -0.39 is 17.3 Å². The van der Waals surface area contributed by atoms with Crippen molar-refractivity contribution in [3.8, 4) is 5.88 Å². The molecular weight excluding hydrogens is 532 g/mol. The summed E-state index contributed by atoms with van der Waals surface area (Å²) in [6.07, 6.45) is 3.30. The Balaban J connectivity index is 1.37. The lowest BCUT2D eigenvalue weighted by Crippen LogP contribution is -2.28. The smallest absolute Gasteiger partial charge is 0.313 e. The maximum atomic E-state index is 12.9. The minimum atomic E-state index is -1.05. The number of rotatable bonds is 7. The highest BCUT2D eigenvalue weighted by atomic mass is 16.4. The van der Waals surface area contributed by atoms with Crippen LogP contribution in [0.2, 0.25) is 0 Å². The fraction of sp³-hybridized carbons (Fsp3) is 0.0938. The molecule has 3 heterocycles. The Labute approximate surface area is 239 Å². The molecule has 0 atom stereocenters. The molecule has 0 saturated carbocycles. The number of fused-ring (bicyclic) bond motifs is 2. The Hall–Kier alpha value is -5.77. The number of aliphatic imine (C=N–C) groups is 1. The van der Waals surface area contributed by atoms with E-state index in [0.717, 1.165) is 5.52 Å². The van der Waals surface area contributed by atoms with E-state index in [1.54, 1.807) is 74.8 Å². The average Bonchev–Trinajstić information content (AvgIpc) is 3.57. The summed E-state index contributed by atoms with van der Waals surface area (Å²) in [7, 11) is 0. The zero-order valence-corrected chi connectivity index (χ0v) is 22.7. The van der Waals surface area contributed by atoms with Gasteiger partial charge in [-0.25, -0.2) is 9.98 Å². The van der Waals surface area contributed by atoms with Crippen molar-refractivity contribution in [3.63, 3.8) is 0 Å². The summed E-state index contributed by atoms with van der Waals surface area (Å²) in [6.45, 7) is 3.29. The molecule has 42 heavy (non-hydrogen) atoms. The molecule has 5 N–H and O–H groups in total. The van der Waals surface area contributed by atoms with Crippen LogP contribution in [0.3, 0.4) is 0 Å². The lowest BCUT2D eigenvalue weighted by Gasteiger charge is -2.19. The number of carboxylic acid groups (broad SMARTS) is 1. The van der Waals surface area contributed by atoms with Crippen molar-refractivity contribution in [1.29, 1.82) is 0 Å². The quantitative estimate of drug-likeness (QED) is 0.153. The van der Waals surface area contributed by atoms with Gasteiger partial charge in [0.2, 0.25) is 0 Å². The highest BCUT2D eigenvalue weighted by Gasteiger charge is 2.29. The molecule has 10 nitrogen and oxygen atoms in total. The number of nitrogens with zero attached hydrogens (tertiary/aromatic N) is 3. The summed E-state index contributed by atoms with van der Waals surface area (Å²) in [4.78, 5) is 44.0. The van der Waals surface area contributed by atoms with Gasteiger partial charge in [-0.05, 0) is 74.0 Å². The van der Waals surface area contributed by atoms with Crippen molar-refractivity contribution in [1.82, 2.24) is 19.9 Å². The molecule has 0 bridgehead atoms. The standard InChI is InChI=1S/C32H26N6O4/c1-32(2,31(41)42)19-9-11-20(12-10-19)34-27(18-6-5-15-33-17-18)26-22-14-13-21(16-25(22)38-29(26)39)35-30(40)28-36-23-7-3-4-8-24(23)37-28/h3-17,38-39H,1-2H3,(H,35,40)(H,36,37)(H,41,42). The summed E-state index contributed by atoms with van der Waals surface area (Å²) < 4.78 is 0. The Morgan fingerprint density at radius 2 is 1.71 bits per heavy atom. The second-order valence-electron chi connectivity index (χ2n) is 10.3. The molecule has 0 unspecified atom stereocenters. The first kappa shape index (κ1) is 26.5.